The number of nitrogens with zero attached hydrogens (tertiary/aromatic N) is 2. The highest BCUT2D eigenvalue weighted by atomic mass is 32.2. The van der Waals surface area contributed by atoms with Gasteiger partial charge in [0, 0.05) is 48.3 Å². The normalized spacial score (nSPS) is 18.4. The van der Waals surface area contributed by atoms with Gasteiger partial charge in [0.25, 0.3) is 0 Å². The second-order valence-electron chi connectivity index (χ2n) is 10.5. The van der Waals surface area contributed by atoms with E-state index in [2.05, 4.69) is 68.9 Å². The smallest absolute Gasteiger partial charge is 0.240 e. The first-order valence-corrected chi connectivity index (χ1v) is 15.7. The third-order valence-corrected chi connectivity index (χ3v) is 9.32. The number of hydrogen-bond donors (Lipinski definition) is 2. The number of benzene rings is 2. The SMILES string of the molecule is CCN1CC=CC=C1CNS(=O)(=O)c1ccc(OC)c(-c2ccc(CN3CCCCC[C@@H]3c3ccccc3)[nH]2)c1. The summed E-state index contributed by atoms with van der Waals surface area (Å²) in [4.78, 5) is 8.49. The van der Waals surface area contributed by atoms with Gasteiger partial charge in [0.2, 0.25) is 10.0 Å². The molecule has 0 amide bonds. The highest BCUT2D eigenvalue weighted by Gasteiger charge is 2.24. The monoisotopic (exact) mass is 560 g/mol. The van der Waals surface area contributed by atoms with Gasteiger partial charge in [0.1, 0.15) is 5.75 Å². The van der Waals surface area contributed by atoms with E-state index in [1.807, 2.05) is 18.2 Å². The maximum Gasteiger partial charge on any atom is 0.240 e. The van der Waals surface area contributed by atoms with Crippen LogP contribution in [0.5, 0.6) is 5.75 Å². The van der Waals surface area contributed by atoms with Gasteiger partial charge in [-0.3, -0.25) is 4.90 Å². The van der Waals surface area contributed by atoms with Crippen LogP contribution in [0, 0.1) is 0 Å². The molecule has 0 bridgehead atoms. The average Bonchev–Trinajstić information content (AvgIpc) is 3.33. The minimum absolute atomic E-state index is 0.214. The number of aromatic amines is 1. The first-order valence-electron chi connectivity index (χ1n) is 14.2. The molecule has 1 atom stereocenters. The van der Waals surface area contributed by atoms with Crippen LogP contribution in [0.1, 0.15) is 49.9 Å². The molecule has 1 fully saturated rings. The standard InChI is InChI=1S/C32H40N4O3S/c1-3-35-20-11-9-14-27(35)23-33-40(37,38)28-17-19-32(39-2)29(22-28)30-18-16-26(34-30)24-36-21-10-5-8-15-31(36)25-12-6-4-7-13-25/h4,6-7,9,11-14,16-19,22,31,33-34H,3,5,8,10,15,20-21,23-24H2,1-2H3/t31-/m1/s1. The van der Waals surface area contributed by atoms with Gasteiger partial charge in [-0.1, -0.05) is 55.3 Å². The lowest BCUT2D eigenvalue weighted by atomic mass is 10.0. The quantitative estimate of drug-likeness (QED) is 0.325. The zero-order valence-corrected chi connectivity index (χ0v) is 24.3. The van der Waals surface area contributed by atoms with Crippen LogP contribution in [0.25, 0.3) is 11.3 Å². The van der Waals surface area contributed by atoms with Crippen molar-refractivity contribution in [3.63, 3.8) is 0 Å². The molecule has 0 unspecified atom stereocenters. The van der Waals surface area contributed by atoms with Crippen molar-refractivity contribution in [2.75, 3.05) is 33.3 Å². The summed E-state index contributed by atoms with van der Waals surface area (Å²) in [5.74, 6) is 0.626. The molecule has 3 heterocycles. The molecule has 0 aliphatic carbocycles. The third kappa shape index (κ3) is 6.52. The second kappa shape index (κ2) is 12.9. The molecule has 7 nitrogen and oxygen atoms in total. The molecule has 2 N–H and O–H groups in total. The van der Waals surface area contributed by atoms with E-state index in [4.69, 9.17) is 4.74 Å². The highest BCUT2D eigenvalue weighted by molar-refractivity contribution is 7.89. The van der Waals surface area contributed by atoms with Crippen LogP contribution in [0.2, 0.25) is 0 Å². The van der Waals surface area contributed by atoms with Gasteiger partial charge < -0.3 is 14.6 Å². The van der Waals surface area contributed by atoms with Crippen LogP contribution >= 0.6 is 0 Å². The Kier molecular flexibility index (Phi) is 9.09. The molecular formula is C32H40N4O3S. The predicted octanol–water partition coefficient (Wildman–Crippen LogP) is 5.86. The molecular weight excluding hydrogens is 520 g/mol. The maximum atomic E-state index is 13.3. The first-order chi connectivity index (χ1) is 19.5. The number of allylic oxidation sites excluding steroid dienone is 2. The highest BCUT2D eigenvalue weighted by Crippen LogP contribution is 2.34. The zero-order valence-electron chi connectivity index (χ0n) is 23.5. The minimum atomic E-state index is -3.72. The average molecular weight is 561 g/mol. The summed E-state index contributed by atoms with van der Waals surface area (Å²) in [6.45, 7) is 5.78. The second-order valence-corrected chi connectivity index (χ2v) is 12.2. The number of likely N-dealkylation sites (N-methyl/N-ethyl adjacent to an activating group) is 1. The van der Waals surface area contributed by atoms with Gasteiger partial charge >= 0.3 is 0 Å². The largest absolute Gasteiger partial charge is 0.496 e. The number of hydrogen-bond acceptors (Lipinski definition) is 5. The van der Waals surface area contributed by atoms with Crippen LogP contribution in [0.3, 0.4) is 0 Å². The molecule has 0 spiro atoms. The maximum absolute atomic E-state index is 13.3. The summed E-state index contributed by atoms with van der Waals surface area (Å²) >= 11 is 0. The lowest BCUT2D eigenvalue weighted by Gasteiger charge is -2.30. The van der Waals surface area contributed by atoms with Gasteiger partial charge in [-0.05, 0) is 68.3 Å². The van der Waals surface area contributed by atoms with Gasteiger partial charge in [-0.2, -0.15) is 0 Å². The summed E-state index contributed by atoms with van der Waals surface area (Å²) in [6, 6.07) is 20.3. The Labute approximate surface area is 238 Å². The van der Waals surface area contributed by atoms with E-state index in [1.165, 1.54) is 24.8 Å². The molecule has 2 aromatic carbocycles. The molecule has 0 radical (unpaired) electrons. The van der Waals surface area contributed by atoms with Crippen molar-refractivity contribution in [3.05, 3.63) is 95.8 Å². The van der Waals surface area contributed by atoms with E-state index in [-0.39, 0.29) is 11.4 Å². The van der Waals surface area contributed by atoms with Crippen molar-refractivity contribution in [3.8, 4) is 17.0 Å². The molecule has 3 aromatic rings. The lowest BCUT2D eigenvalue weighted by molar-refractivity contribution is 0.190. The Bertz CT molecular complexity index is 1450. The Morgan fingerprint density at radius 2 is 1.90 bits per heavy atom. The van der Waals surface area contributed by atoms with E-state index in [0.717, 1.165) is 55.2 Å². The number of sulfonamides is 1. The van der Waals surface area contributed by atoms with Gasteiger partial charge in [-0.15, -0.1) is 0 Å². The van der Waals surface area contributed by atoms with E-state index in [0.29, 0.717) is 11.8 Å². The van der Waals surface area contributed by atoms with Crippen molar-refractivity contribution in [2.45, 2.75) is 50.1 Å². The van der Waals surface area contributed by atoms with Crippen molar-refractivity contribution >= 4 is 10.0 Å². The number of rotatable bonds is 10. The van der Waals surface area contributed by atoms with Crippen LogP contribution in [0.15, 0.2) is 89.5 Å². The summed E-state index contributed by atoms with van der Waals surface area (Å²) < 4.78 is 35.0. The van der Waals surface area contributed by atoms with Crippen molar-refractivity contribution in [1.29, 1.82) is 0 Å². The third-order valence-electron chi connectivity index (χ3n) is 7.92. The van der Waals surface area contributed by atoms with Gasteiger partial charge in [-0.25, -0.2) is 13.1 Å². The number of nitrogens with one attached hydrogen (secondary N) is 2. The summed E-state index contributed by atoms with van der Waals surface area (Å²) in [5.41, 5.74) is 4.99. The topological polar surface area (TPSA) is 77.7 Å². The van der Waals surface area contributed by atoms with Crippen molar-refractivity contribution in [1.82, 2.24) is 19.5 Å². The number of H-pyrrole nitrogens is 1. The van der Waals surface area contributed by atoms with E-state index in [9.17, 15) is 8.42 Å². The molecule has 5 rings (SSSR count). The Morgan fingerprint density at radius 3 is 2.70 bits per heavy atom. The number of aromatic nitrogens is 1. The van der Waals surface area contributed by atoms with Crippen LogP contribution < -0.4 is 9.46 Å². The van der Waals surface area contributed by atoms with Crippen LogP contribution in [0.4, 0.5) is 0 Å². The number of ether oxygens (including phenoxy) is 1. The zero-order chi connectivity index (χ0) is 28.0. The van der Waals surface area contributed by atoms with Gasteiger partial charge in [0.15, 0.2) is 0 Å². The molecule has 2 aliphatic rings. The molecule has 8 heteroatoms. The van der Waals surface area contributed by atoms with Crippen LogP contribution in [-0.2, 0) is 16.6 Å². The molecule has 40 heavy (non-hydrogen) atoms. The fourth-order valence-electron chi connectivity index (χ4n) is 5.73. The molecule has 0 saturated carbocycles. The van der Waals surface area contributed by atoms with Crippen LogP contribution in [-0.4, -0.2) is 56.5 Å². The van der Waals surface area contributed by atoms with Crippen molar-refractivity contribution < 1.29 is 13.2 Å². The predicted molar refractivity (Wildman–Crippen MR) is 161 cm³/mol. The van der Waals surface area contributed by atoms with E-state index >= 15 is 0 Å². The summed E-state index contributed by atoms with van der Waals surface area (Å²) in [5, 5.41) is 0. The first kappa shape index (κ1) is 28.2. The molecule has 2 aliphatic heterocycles. The summed E-state index contributed by atoms with van der Waals surface area (Å²) in [7, 11) is -2.11. The number of likely N-dealkylation sites (tertiary alicyclic amines) is 1. The molecule has 212 valence electrons. The fraction of sp³-hybridized carbons (Fsp3) is 0.375. The lowest BCUT2D eigenvalue weighted by Crippen LogP contribution is -2.34. The fourth-order valence-corrected chi connectivity index (χ4v) is 6.75. The molecule has 1 aromatic heterocycles. The minimum Gasteiger partial charge on any atom is -0.496 e. The molecule has 1 saturated heterocycles. The van der Waals surface area contributed by atoms with E-state index < -0.39 is 10.0 Å². The number of methoxy groups -OCH3 is 1. The van der Waals surface area contributed by atoms with Crippen molar-refractivity contribution in [2.24, 2.45) is 0 Å². The Balaban J connectivity index is 1.35. The Morgan fingerprint density at radius 1 is 1.05 bits per heavy atom. The summed E-state index contributed by atoms with van der Waals surface area (Å²) in [6.07, 6.45) is 10.8. The Hall–Kier alpha value is -3.33. The van der Waals surface area contributed by atoms with E-state index in [1.54, 1.807) is 25.3 Å². The van der Waals surface area contributed by atoms with Gasteiger partial charge in [0.05, 0.1) is 18.6 Å².